The molecule has 0 fully saturated rings. The maximum absolute atomic E-state index is 11.1. The van der Waals surface area contributed by atoms with E-state index in [-0.39, 0.29) is 11.5 Å². The Morgan fingerprint density at radius 1 is 1.19 bits per heavy atom. The Labute approximate surface area is 123 Å². The monoisotopic (exact) mass is 286 g/mol. The van der Waals surface area contributed by atoms with Crippen molar-refractivity contribution >= 4 is 17.3 Å². The second kappa shape index (κ2) is 6.69. The molecule has 0 spiro atoms. The molecule has 2 aromatic rings. The number of nitrogens with one attached hydrogen (secondary N) is 2. The van der Waals surface area contributed by atoms with Crippen LogP contribution in [0.2, 0.25) is 0 Å². The number of aryl methyl sites for hydroxylation is 1. The molecule has 0 aliphatic carbocycles. The average molecular weight is 286 g/mol. The van der Waals surface area contributed by atoms with Gasteiger partial charge in [0.2, 0.25) is 5.82 Å². The van der Waals surface area contributed by atoms with Crippen molar-refractivity contribution in [3.05, 3.63) is 57.6 Å². The fraction of sp³-hybridized carbons (Fsp3) is 0.267. The van der Waals surface area contributed by atoms with Crippen LogP contribution >= 0.6 is 0 Å². The first kappa shape index (κ1) is 14.8. The zero-order valence-corrected chi connectivity index (χ0v) is 12.1. The van der Waals surface area contributed by atoms with Gasteiger partial charge in [-0.25, -0.2) is 4.98 Å². The predicted octanol–water partition coefficient (Wildman–Crippen LogP) is 3.21. The molecule has 2 N–H and O–H groups in total. The molecule has 0 saturated heterocycles. The van der Waals surface area contributed by atoms with Gasteiger partial charge in [-0.1, -0.05) is 31.2 Å². The van der Waals surface area contributed by atoms with Crippen LogP contribution in [-0.4, -0.2) is 17.0 Å². The molecular formula is C15H18N4O2. The van der Waals surface area contributed by atoms with Crippen LogP contribution in [0, 0.1) is 10.1 Å². The third kappa shape index (κ3) is 3.47. The summed E-state index contributed by atoms with van der Waals surface area (Å²) in [4.78, 5) is 14.9. The predicted molar refractivity (Wildman–Crippen MR) is 83.6 cm³/mol. The SMILES string of the molecule is CCc1ccccc1CNc1nc(NC)ccc1[N+](=O)[O-]. The number of anilines is 2. The van der Waals surface area contributed by atoms with E-state index in [1.165, 1.54) is 11.6 Å². The minimum Gasteiger partial charge on any atom is -0.373 e. The van der Waals surface area contributed by atoms with Crippen molar-refractivity contribution < 1.29 is 4.92 Å². The summed E-state index contributed by atoms with van der Waals surface area (Å²) >= 11 is 0. The number of aromatic nitrogens is 1. The van der Waals surface area contributed by atoms with Gasteiger partial charge in [0.25, 0.3) is 0 Å². The van der Waals surface area contributed by atoms with E-state index in [1.807, 2.05) is 18.2 Å². The number of pyridine rings is 1. The number of hydrogen-bond acceptors (Lipinski definition) is 5. The molecule has 0 atom stereocenters. The molecule has 1 heterocycles. The first-order valence-corrected chi connectivity index (χ1v) is 6.79. The van der Waals surface area contributed by atoms with Crippen LogP contribution in [0.1, 0.15) is 18.1 Å². The van der Waals surface area contributed by atoms with Crippen molar-refractivity contribution in [2.24, 2.45) is 0 Å². The molecule has 0 saturated carbocycles. The Kier molecular flexibility index (Phi) is 4.71. The highest BCUT2D eigenvalue weighted by atomic mass is 16.6. The van der Waals surface area contributed by atoms with Crippen LogP contribution in [0.5, 0.6) is 0 Å². The Morgan fingerprint density at radius 2 is 1.90 bits per heavy atom. The van der Waals surface area contributed by atoms with E-state index in [1.54, 1.807) is 13.1 Å². The van der Waals surface area contributed by atoms with Gasteiger partial charge in [-0.2, -0.15) is 0 Å². The lowest BCUT2D eigenvalue weighted by molar-refractivity contribution is -0.384. The molecule has 6 heteroatoms. The summed E-state index contributed by atoms with van der Waals surface area (Å²) < 4.78 is 0. The highest BCUT2D eigenvalue weighted by Gasteiger charge is 2.15. The van der Waals surface area contributed by atoms with Crippen LogP contribution in [-0.2, 0) is 13.0 Å². The molecule has 0 amide bonds. The van der Waals surface area contributed by atoms with Gasteiger partial charge in [0.1, 0.15) is 5.82 Å². The summed E-state index contributed by atoms with van der Waals surface area (Å²) in [7, 11) is 1.73. The van der Waals surface area contributed by atoms with Gasteiger partial charge in [0.05, 0.1) is 4.92 Å². The zero-order chi connectivity index (χ0) is 15.2. The largest absolute Gasteiger partial charge is 0.373 e. The van der Waals surface area contributed by atoms with E-state index in [2.05, 4.69) is 28.6 Å². The van der Waals surface area contributed by atoms with Crippen LogP contribution in [0.3, 0.4) is 0 Å². The lowest BCUT2D eigenvalue weighted by Gasteiger charge is -2.11. The van der Waals surface area contributed by atoms with E-state index < -0.39 is 4.92 Å². The molecular weight excluding hydrogens is 268 g/mol. The molecule has 1 aromatic heterocycles. The van der Waals surface area contributed by atoms with E-state index >= 15 is 0 Å². The molecule has 0 radical (unpaired) electrons. The highest BCUT2D eigenvalue weighted by molar-refractivity contribution is 5.60. The molecule has 0 aliphatic heterocycles. The van der Waals surface area contributed by atoms with Crippen molar-refractivity contribution in [3.8, 4) is 0 Å². The molecule has 110 valence electrons. The first-order chi connectivity index (χ1) is 10.2. The minimum atomic E-state index is -0.430. The van der Waals surface area contributed by atoms with Gasteiger partial charge in [-0.3, -0.25) is 10.1 Å². The molecule has 0 aliphatic rings. The lowest BCUT2D eigenvalue weighted by atomic mass is 10.1. The summed E-state index contributed by atoms with van der Waals surface area (Å²) in [5.41, 5.74) is 2.31. The third-order valence-electron chi connectivity index (χ3n) is 3.27. The average Bonchev–Trinajstić information content (AvgIpc) is 2.52. The second-order valence-electron chi connectivity index (χ2n) is 4.55. The molecule has 21 heavy (non-hydrogen) atoms. The summed E-state index contributed by atoms with van der Waals surface area (Å²) in [5, 5.41) is 17.0. The lowest BCUT2D eigenvalue weighted by Crippen LogP contribution is -2.07. The van der Waals surface area contributed by atoms with Gasteiger partial charge >= 0.3 is 5.69 Å². The van der Waals surface area contributed by atoms with Crippen LogP contribution in [0.15, 0.2) is 36.4 Å². The van der Waals surface area contributed by atoms with Gasteiger partial charge in [-0.15, -0.1) is 0 Å². The fourth-order valence-corrected chi connectivity index (χ4v) is 2.12. The summed E-state index contributed by atoms with van der Waals surface area (Å²) in [6.07, 6.45) is 0.921. The van der Waals surface area contributed by atoms with E-state index in [4.69, 9.17) is 0 Å². The Bertz CT molecular complexity index is 643. The number of nitrogens with zero attached hydrogens (tertiary/aromatic N) is 2. The highest BCUT2D eigenvalue weighted by Crippen LogP contribution is 2.24. The van der Waals surface area contributed by atoms with E-state index in [9.17, 15) is 10.1 Å². The van der Waals surface area contributed by atoms with Crippen LogP contribution in [0.4, 0.5) is 17.3 Å². The van der Waals surface area contributed by atoms with Crippen LogP contribution < -0.4 is 10.6 Å². The second-order valence-corrected chi connectivity index (χ2v) is 4.55. The summed E-state index contributed by atoms with van der Waals surface area (Å²) in [6, 6.07) is 11.1. The van der Waals surface area contributed by atoms with Crippen molar-refractivity contribution in [2.75, 3.05) is 17.7 Å². The molecule has 0 unspecified atom stereocenters. The standard InChI is InChI=1S/C15H18N4O2/c1-3-11-6-4-5-7-12(11)10-17-15-13(19(20)21)8-9-14(16-2)18-15/h4-9H,3,10H2,1-2H3,(H2,16,17,18). The van der Waals surface area contributed by atoms with Gasteiger partial charge in [-0.05, 0) is 23.6 Å². The van der Waals surface area contributed by atoms with E-state index in [0.717, 1.165) is 12.0 Å². The van der Waals surface area contributed by atoms with Crippen LogP contribution in [0.25, 0.3) is 0 Å². The number of nitro groups is 1. The maximum Gasteiger partial charge on any atom is 0.311 e. The normalized spacial score (nSPS) is 10.2. The topological polar surface area (TPSA) is 80.1 Å². The first-order valence-electron chi connectivity index (χ1n) is 6.79. The smallest absolute Gasteiger partial charge is 0.311 e. The van der Waals surface area contributed by atoms with E-state index in [0.29, 0.717) is 12.4 Å². The number of rotatable bonds is 6. The molecule has 6 nitrogen and oxygen atoms in total. The quantitative estimate of drug-likeness (QED) is 0.629. The number of hydrogen-bond donors (Lipinski definition) is 2. The Balaban J connectivity index is 2.24. The van der Waals surface area contributed by atoms with Crippen molar-refractivity contribution in [2.45, 2.75) is 19.9 Å². The van der Waals surface area contributed by atoms with Gasteiger partial charge in [0.15, 0.2) is 0 Å². The summed E-state index contributed by atoms with van der Waals surface area (Å²) in [5.74, 6) is 0.865. The summed E-state index contributed by atoms with van der Waals surface area (Å²) in [6.45, 7) is 2.59. The third-order valence-corrected chi connectivity index (χ3v) is 3.27. The van der Waals surface area contributed by atoms with Crippen molar-refractivity contribution in [1.82, 2.24) is 4.98 Å². The molecule has 0 bridgehead atoms. The molecule has 1 aromatic carbocycles. The zero-order valence-electron chi connectivity index (χ0n) is 12.1. The minimum absolute atomic E-state index is 0.0250. The Morgan fingerprint density at radius 3 is 2.52 bits per heavy atom. The van der Waals surface area contributed by atoms with Crippen molar-refractivity contribution in [3.63, 3.8) is 0 Å². The molecule has 2 rings (SSSR count). The fourth-order valence-electron chi connectivity index (χ4n) is 2.12. The Hall–Kier alpha value is -2.63. The number of benzene rings is 1. The van der Waals surface area contributed by atoms with Gasteiger partial charge < -0.3 is 10.6 Å². The maximum atomic E-state index is 11.1. The van der Waals surface area contributed by atoms with Gasteiger partial charge in [0, 0.05) is 19.7 Å². The van der Waals surface area contributed by atoms with Crippen molar-refractivity contribution in [1.29, 1.82) is 0 Å².